The molecular weight excluding hydrogens is 386 g/mol. The number of hydrogen-bond donors (Lipinski definition) is 1. The fourth-order valence-electron chi connectivity index (χ4n) is 2.40. The summed E-state index contributed by atoms with van der Waals surface area (Å²) >= 11 is 6.02. The molecule has 2 aromatic rings. The molecular formula is C17H17ClF2N2O3S. The predicted octanol–water partition coefficient (Wildman–Crippen LogP) is 3.09. The van der Waals surface area contributed by atoms with E-state index in [0.717, 1.165) is 28.8 Å². The molecule has 0 aliphatic carbocycles. The van der Waals surface area contributed by atoms with E-state index >= 15 is 0 Å². The molecule has 5 nitrogen and oxygen atoms in total. The summed E-state index contributed by atoms with van der Waals surface area (Å²) < 4.78 is 51.6. The Morgan fingerprint density at radius 3 is 2.42 bits per heavy atom. The fourth-order valence-corrected chi connectivity index (χ4v) is 3.77. The topological polar surface area (TPSA) is 66.5 Å². The third-order valence-electron chi connectivity index (χ3n) is 3.66. The summed E-state index contributed by atoms with van der Waals surface area (Å²) in [6.07, 6.45) is 0.881. The highest BCUT2D eigenvalue weighted by Crippen LogP contribution is 2.23. The first-order valence-corrected chi connectivity index (χ1v) is 9.79. The van der Waals surface area contributed by atoms with Gasteiger partial charge in [0.25, 0.3) is 0 Å². The van der Waals surface area contributed by atoms with Crippen molar-refractivity contribution in [3.8, 4) is 0 Å². The Kier molecular flexibility index (Phi) is 6.20. The van der Waals surface area contributed by atoms with Gasteiger partial charge in [-0.15, -0.1) is 0 Å². The molecule has 0 saturated carbocycles. The van der Waals surface area contributed by atoms with E-state index in [9.17, 15) is 22.0 Å². The lowest BCUT2D eigenvalue weighted by atomic mass is 10.2. The van der Waals surface area contributed by atoms with E-state index in [1.165, 1.54) is 6.92 Å². The van der Waals surface area contributed by atoms with Gasteiger partial charge in [0.1, 0.15) is 6.04 Å². The van der Waals surface area contributed by atoms with Crippen LogP contribution in [0.1, 0.15) is 12.5 Å². The Bertz CT molecular complexity index is 922. The van der Waals surface area contributed by atoms with Gasteiger partial charge in [0.05, 0.1) is 11.9 Å². The molecule has 2 aromatic carbocycles. The highest BCUT2D eigenvalue weighted by Gasteiger charge is 2.29. The van der Waals surface area contributed by atoms with E-state index in [1.807, 2.05) is 0 Å². The van der Waals surface area contributed by atoms with Gasteiger partial charge < -0.3 is 5.32 Å². The molecule has 1 amide bonds. The van der Waals surface area contributed by atoms with Gasteiger partial charge in [-0.2, -0.15) is 0 Å². The van der Waals surface area contributed by atoms with Crippen molar-refractivity contribution in [1.29, 1.82) is 0 Å². The molecule has 0 saturated heterocycles. The number of anilines is 1. The minimum Gasteiger partial charge on any atom is -0.350 e. The van der Waals surface area contributed by atoms with Crippen molar-refractivity contribution in [1.82, 2.24) is 5.32 Å². The molecule has 0 radical (unpaired) electrons. The van der Waals surface area contributed by atoms with Crippen molar-refractivity contribution in [2.45, 2.75) is 19.5 Å². The van der Waals surface area contributed by atoms with Gasteiger partial charge in [-0.05, 0) is 30.7 Å². The van der Waals surface area contributed by atoms with Crippen LogP contribution in [0.2, 0.25) is 5.02 Å². The fraction of sp³-hybridized carbons (Fsp3) is 0.235. The van der Waals surface area contributed by atoms with E-state index < -0.39 is 33.6 Å². The molecule has 0 heterocycles. The number of nitrogens with zero attached hydrogens (tertiary/aromatic N) is 1. The maximum Gasteiger partial charge on any atom is 0.243 e. The van der Waals surface area contributed by atoms with Crippen molar-refractivity contribution in [2.75, 3.05) is 10.6 Å². The molecule has 140 valence electrons. The first-order valence-electron chi connectivity index (χ1n) is 7.57. The predicted molar refractivity (Wildman–Crippen MR) is 96.4 cm³/mol. The van der Waals surface area contributed by atoms with E-state index in [4.69, 9.17) is 11.6 Å². The normalized spacial score (nSPS) is 12.5. The lowest BCUT2D eigenvalue weighted by Crippen LogP contribution is -2.47. The maximum absolute atomic E-state index is 13.5. The quantitative estimate of drug-likeness (QED) is 0.807. The van der Waals surface area contributed by atoms with Crippen molar-refractivity contribution in [3.05, 3.63) is 64.7 Å². The molecule has 0 aliphatic heterocycles. The van der Waals surface area contributed by atoms with E-state index in [0.29, 0.717) is 10.6 Å². The highest BCUT2D eigenvalue weighted by atomic mass is 35.5. The first-order chi connectivity index (χ1) is 12.1. The van der Waals surface area contributed by atoms with Gasteiger partial charge in [-0.1, -0.05) is 29.8 Å². The summed E-state index contributed by atoms with van der Waals surface area (Å²) in [5.74, 6) is -2.93. The smallest absolute Gasteiger partial charge is 0.243 e. The van der Waals surface area contributed by atoms with Gasteiger partial charge >= 0.3 is 0 Å². The van der Waals surface area contributed by atoms with Gasteiger partial charge in [0.15, 0.2) is 11.6 Å². The Labute approximate surface area is 155 Å². The average molecular weight is 403 g/mol. The number of amides is 1. The minimum atomic E-state index is -3.93. The van der Waals surface area contributed by atoms with Crippen LogP contribution in [0.4, 0.5) is 14.5 Å². The third-order valence-corrected chi connectivity index (χ3v) is 5.27. The number of sulfonamides is 1. The standard InChI is InChI=1S/C17H17ClF2N2O3S/c1-11(17(23)21-10-12-5-3-4-6-14(12)18)22(26(2,24)25)13-7-8-15(19)16(20)9-13/h3-9,11H,10H2,1-2H3,(H,21,23)/t11-/m1/s1. The van der Waals surface area contributed by atoms with Crippen LogP contribution in [-0.4, -0.2) is 26.6 Å². The van der Waals surface area contributed by atoms with Gasteiger partial charge in [-0.3, -0.25) is 9.10 Å². The van der Waals surface area contributed by atoms with Crippen LogP contribution >= 0.6 is 11.6 Å². The van der Waals surface area contributed by atoms with Crippen LogP contribution in [0.15, 0.2) is 42.5 Å². The lowest BCUT2D eigenvalue weighted by molar-refractivity contribution is -0.122. The monoisotopic (exact) mass is 402 g/mol. The summed E-state index contributed by atoms with van der Waals surface area (Å²) in [5.41, 5.74) is 0.514. The molecule has 0 fully saturated rings. The molecule has 0 aromatic heterocycles. The molecule has 9 heteroatoms. The summed E-state index contributed by atoms with van der Waals surface area (Å²) in [6, 6.07) is 8.32. The molecule has 0 aliphatic rings. The van der Waals surface area contributed by atoms with Gasteiger partial charge in [0, 0.05) is 17.6 Å². The van der Waals surface area contributed by atoms with Crippen LogP contribution in [0, 0.1) is 11.6 Å². The molecule has 2 rings (SSSR count). The Hall–Kier alpha value is -2.19. The lowest BCUT2D eigenvalue weighted by Gasteiger charge is -2.28. The van der Waals surface area contributed by atoms with E-state index in [-0.39, 0.29) is 12.2 Å². The van der Waals surface area contributed by atoms with Crippen LogP contribution < -0.4 is 9.62 Å². The molecule has 0 spiro atoms. The minimum absolute atomic E-state index is 0.0955. The van der Waals surface area contributed by atoms with Crippen molar-refractivity contribution < 1.29 is 22.0 Å². The second-order valence-electron chi connectivity index (χ2n) is 5.64. The molecule has 0 unspecified atom stereocenters. The SMILES string of the molecule is C[C@H](C(=O)NCc1ccccc1Cl)N(c1ccc(F)c(F)c1)S(C)(=O)=O. The maximum atomic E-state index is 13.5. The van der Waals surface area contributed by atoms with Crippen molar-refractivity contribution >= 4 is 33.2 Å². The Morgan fingerprint density at radius 2 is 1.85 bits per heavy atom. The first kappa shape index (κ1) is 20.1. The second-order valence-corrected chi connectivity index (χ2v) is 7.91. The summed E-state index contributed by atoms with van der Waals surface area (Å²) in [4.78, 5) is 12.4. The van der Waals surface area contributed by atoms with Crippen LogP contribution in [-0.2, 0) is 21.4 Å². The zero-order valence-corrected chi connectivity index (χ0v) is 15.6. The average Bonchev–Trinajstić information content (AvgIpc) is 2.56. The Balaban J connectivity index is 2.23. The summed E-state index contributed by atoms with van der Waals surface area (Å²) in [6.45, 7) is 1.45. The highest BCUT2D eigenvalue weighted by molar-refractivity contribution is 7.92. The van der Waals surface area contributed by atoms with Gasteiger partial charge in [-0.25, -0.2) is 17.2 Å². The number of nitrogens with one attached hydrogen (secondary N) is 1. The molecule has 26 heavy (non-hydrogen) atoms. The number of rotatable bonds is 6. The summed E-state index contributed by atoms with van der Waals surface area (Å²) in [7, 11) is -3.93. The Morgan fingerprint density at radius 1 is 1.19 bits per heavy atom. The van der Waals surface area contributed by atoms with Crippen molar-refractivity contribution in [3.63, 3.8) is 0 Å². The van der Waals surface area contributed by atoms with E-state index in [2.05, 4.69) is 5.32 Å². The molecule has 1 atom stereocenters. The van der Waals surface area contributed by atoms with Crippen LogP contribution in [0.5, 0.6) is 0 Å². The zero-order valence-electron chi connectivity index (χ0n) is 14.0. The number of halogens is 3. The molecule has 1 N–H and O–H groups in total. The van der Waals surface area contributed by atoms with Crippen LogP contribution in [0.25, 0.3) is 0 Å². The third kappa shape index (κ3) is 4.70. The zero-order chi connectivity index (χ0) is 19.5. The number of carbonyl (C=O) groups is 1. The van der Waals surface area contributed by atoms with Gasteiger partial charge in [0.2, 0.25) is 15.9 Å². The molecule has 0 bridgehead atoms. The summed E-state index contributed by atoms with van der Waals surface area (Å²) in [5, 5.41) is 3.05. The largest absolute Gasteiger partial charge is 0.350 e. The van der Waals surface area contributed by atoms with E-state index in [1.54, 1.807) is 24.3 Å². The second kappa shape index (κ2) is 8.01. The number of hydrogen-bond acceptors (Lipinski definition) is 3. The van der Waals surface area contributed by atoms with Crippen molar-refractivity contribution in [2.24, 2.45) is 0 Å². The van der Waals surface area contributed by atoms with Crippen LogP contribution in [0.3, 0.4) is 0 Å². The number of carbonyl (C=O) groups excluding carboxylic acids is 1. The number of benzene rings is 2.